The van der Waals surface area contributed by atoms with Crippen LogP contribution in [0.1, 0.15) is 47.3 Å². The molecule has 2 N–H and O–H groups in total. The molecular formula is C35H34ClF2N5O3. The molecule has 0 saturated heterocycles. The molecule has 3 aromatic heterocycles. The highest BCUT2D eigenvalue weighted by Crippen LogP contribution is 2.39. The Hall–Kier alpha value is -4.38. The van der Waals surface area contributed by atoms with Gasteiger partial charge in [-0.3, -0.25) is 9.59 Å². The van der Waals surface area contributed by atoms with Crippen molar-refractivity contribution in [2.75, 3.05) is 19.0 Å². The molecule has 6 rings (SSSR count). The van der Waals surface area contributed by atoms with E-state index >= 15 is 8.78 Å². The van der Waals surface area contributed by atoms with Crippen molar-refractivity contribution in [3.63, 3.8) is 0 Å². The van der Waals surface area contributed by atoms with Gasteiger partial charge in [-0.15, -0.1) is 0 Å². The fourth-order valence-corrected chi connectivity index (χ4v) is 6.65. The van der Waals surface area contributed by atoms with Crippen molar-refractivity contribution in [3.05, 3.63) is 101 Å². The number of anilines is 1. The summed E-state index contributed by atoms with van der Waals surface area (Å²) in [6.07, 6.45) is 10.5. The lowest BCUT2D eigenvalue weighted by molar-refractivity contribution is -0.112. The number of aryl methyl sites for hydroxylation is 2. The van der Waals surface area contributed by atoms with Crippen LogP contribution in [-0.4, -0.2) is 51.4 Å². The van der Waals surface area contributed by atoms with Crippen molar-refractivity contribution in [2.45, 2.75) is 44.8 Å². The van der Waals surface area contributed by atoms with E-state index in [1.165, 1.54) is 6.08 Å². The van der Waals surface area contributed by atoms with E-state index in [1.807, 2.05) is 30.7 Å². The molecule has 5 aromatic rings. The van der Waals surface area contributed by atoms with Crippen LogP contribution in [-0.2, 0) is 16.6 Å². The average molecular weight is 646 g/mol. The molecule has 0 aliphatic heterocycles. The van der Waals surface area contributed by atoms with Crippen molar-refractivity contribution >= 4 is 45.5 Å². The summed E-state index contributed by atoms with van der Waals surface area (Å²) in [6.45, 7) is 2.41. The molecular weight excluding hydrogens is 612 g/mol. The summed E-state index contributed by atoms with van der Waals surface area (Å²) in [7, 11) is 3.62. The first-order valence-electron chi connectivity index (χ1n) is 15.1. The Morgan fingerprint density at radius 3 is 2.54 bits per heavy atom. The maximum Gasteiger partial charge on any atom is 0.248 e. The second-order valence-electron chi connectivity index (χ2n) is 11.7. The van der Waals surface area contributed by atoms with Crippen LogP contribution in [0.5, 0.6) is 0 Å². The minimum Gasteiger partial charge on any atom is -0.381 e. The van der Waals surface area contributed by atoms with Gasteiger partial charge >= 0.3 is 0 Å². The molecule has 0 bridgehead atoms. The van der Waals surface area contributed by atoms with Crippen LogP contribution in [0, 0.1) is 18.6 Å². The number of amides is 1. The van der Waals surface area contributed by atoms with Gasteiger partial charge in [-0.2, -0.15) is 0 Å². The SMILES string of the molecule is COC1CCC(NC/C=C/C(=O)Nc2c(F)cc(C(=O)c3ccc4c(-c5c(C)cc6c(ncn6C)c5Cl)cccn34)cc2F)CC1. The molecule has 0 atom stereocenters. The Morgan fingerprint density at radius 1 is 1.09 bits per heavy atom. The predicted molar refractivity (Wildman–Crippen MR) is 175 cm³/mol. The zero-order chi connectivity index (χ0) is 32.5. The highest BCUT2D eigenvalue weighted by atomic mass is 35.5. The molecule has 1 amide bonds. The summed E-state index contributed by atoms with van der Waals surface area (Å²) in [5.74, 6) is -3.36. The minimum absolute atomic E-state index is 0.189. The van der Waals surface area contributed by atoms with Gasteiger partial charge in [0.1, 0.15) is 22.8 Å². The molecule has 1 saturated carbocycles. The second-order valence-corrected chi connectivity index (χ2v) is 12.0. The third-order valence-corrected chi connectivity index (χ3v) is 9.07. The van der Waals surface area contributed by atoms with E-state index in [0.717, 1.165) is 60.0 Å². The van der Waals surface area contributed by atoms with Crippen LogP contribution in [0.4, 0.5) is 14.5 Å². The van der Waals surface area contributed by atoms with E-state index in [1.54, 1.807) is 48.3 Å². The van der Waals surface area contributed by atoms with Crippen LogP contribution in [0.2, 0.25) is 5.02 Å². The highest BCUT2D eigenvalue weighted by Gasteiger charge is 2.23. The summed E-state index contributed by atoms with van der Waals surface area (Å²) < 4.78 is 39.2. The highest BCUT2D eigenvalue weighted by molar-refractivity contribution is 6.38. The number of imidazole rings is 1. The number of nitrogens with one attached hydrogen (secondary N) is 2. The molecule has 46 heavy (non-hydrogen) atoms. The molecule has 0 spiro atoms. The number of benzene rings is 2. The third-order valence-electron chi connectivity index (χ3n) is 8.71. The number of methoxy groups -OCH3 is 1. The number of pyridine rings is 1. The number of carbonyl (C=O) groups is 2. The monoisotopic (exact) mass is 645 g/mol. The van der Waals surface area contributed by atoms with Gasteiger partial charge in [-0.1, -0.05) is 23.7 Å². The standard InChI is InChI=1S/C35H34ClF2N5O3/c1-20-16-29-34(40-19-42(29)2)32(36)31(20)24-6-5-15-43-27(24)12-13-28(43)35(45)21-17-25(37)33(26(38)18-21)41-30(44)7-4-14-39-22-8-10-23(46-3)11-9-22/h4-7,12-13,15-19,22-23,39H,8-11,14H2,1-3H3,(H,41,44)/b7-4+. The predicted octanol–water partition coefficient (Wildman–Crippen LogP) is 7.01. The quantitative estimate of drug-likeness (QED) is 0.133. The second kappa shape index (κ2) is 13.2. The van der Waals surface area contributed by atoms with Crippen LogP contribution in [0.3, 0.4) is 0 Å². The van der Waals surface area contributed by atoms with E-state index in [-0.39, 0.29) is 11.3 Å². The molecule has 3 heterocycles. The zero-order valence-corrected chi connectivity index (χ0v) is 26.5. The normalized spacial score (nSPS) is 16.9. The first-order valence-corrected chi connectivity index (χ1v) is 15.5. The van der Waals surface area contributed by atoms with Gasteiger partial charge in [0.2, 0.25) is 11.7 Å². The number of hydrogen-bond acceptors (Lipinski definition) is 5. The van der Waals surface area contributed by atoms with Crippen LogP contribution in [0.25, 0.3) is 27.7 Å². The summed E-state index contributed by atoms with van der Waals surface area (Å²) >= 11 is 6.85. The maximum atomic E-state index is 15.1. The number of aromatic nitrogens is 3. The van der Waals surface area contributed by atoms with Crippen LogP contribution < -0.4 is 10.6 Å². The van der Waals surface area contributed by atoms with Gasteiger partial charge < -0.3 is 24.3 Å². The van der Waals surface area contributed by atoms with Gasteiger partial charge in [0.25, 0.3) is 0 Å². The fraction of sp³-hybridized carbons (Fsp3) is 0.286. The van der Waals surface area contributed by atoms with E-state index < -0.39 is 29.0 Å². The Morgan fingerprint density at radius 2 is 1.83 bits per heavy atom. The van der Waals surface area contributed by atoms with Gasteiger partial charge in [0.05, 0.1) is 34.2 Å². The number of hydrogen-bond donors (Lipinski definition) is 2. The Bertz CT molecular complexity index is 1970. The number of fused-ring (bicyclic) bond motifs is 2. The van der Waals surface area contributed by atoms with Crippen molar-refractivity contribution in [1.29, 1.82) is 0 Å². The molecule has 8 nitrogen and oxygen atoms in total. The van der Waals surface area contributed by atoms with Gasteiger partial charge in [0.15, 0.2) is 0 Å². The van der Waals surface area contributed by atoms with E-state index in [4.69, 9.17) is 16.3 Å². The lowest BCUT2D eigenvalue weighted by atomic mass is 9.93. The number of carbonyl (C=O) groups excluding carboxylic acids is 2. The van der Waals surface area contributed by atoms with Crippen molar-refractivity contribution in [1.82, 2.24) is 19.3 Å². The lowest BCUT2D eigenvalue weighted by Gasteiger charge is -2.27. The van der Waals surface area contributed by atoms with E-state index in [2.05, 4.69) is 15.6 Å². The molecule has 11 heteroatoms. The molecule has 2 aromatic carbocycles. The molecule has 1 aliphatic carbocycles. The fourth-order valence-electron chi connectivity index (χ4n) is 6.25. The summed E-state index contributed by atoms with van der Waals surface area (Å²) in [5.41, 5.74) is 4.17. The van der Waals surface area contributed by atoms with Gasteiger partial charge in [0, 0.05) is 55.7 Å². The summed E-state index contributed by atoms with van der Waals surface area (Å²) in [4.78, 5) is 30.4. The molecule has 238 valence electrons. The lowest BCUT2D eigenvalue weighted by Crippen LogP contribution is -2.35. The maximum absolute atomic E-state index is 15.1. The van der Waals surface area contributed by atoms with Crippen LogP contribution >= 0.6 is 11.6 Å². The minimum atomic E-state index is -1.05. The third kappa shape index (κ3) is 6.08. The largest absolute Gasteiger partial charge is 0.381 e. The molecule has 1 fully saturated rings. The number of ether oxygens (including phenoxy) is 1. The first kappa shape index (κ1) is 31.6. The molecule has 1 aliphatic rings. The molecule has 0 radical (unpaired) electrons. The van der Waals surface area contributed by atoms with Gasteiger partial charge in [-0.25, -0.2) is 13.8 Å². The van der Waals surface area contributed by atoms with Gasteiger partial charge in [-0.05, 0) is 74.6 Å². The Labute approximate surface area is 270 Å². The Kier molecular flexibility index (Phi) is 9.04. The number of rotatable bonds is 9. The van der Waals surface area contributed by atoms with Crippen molar-refractivity contribution < 1.29 is 23.1 Å². The smallest absolute Gasteiger partial charge is 0.248 e. The average Bonchev–Trinajstić information content (AvgIpc) is 3.65. The summed E-state index contributed by atoms with van der Waals surface area (Å²) in [5, 5.41) is 6.11. The zero-order valence-electron chi connectivity index (χ0n) is 25.7. The van der Waals surface area contributed by atoms with Crippen molar-refractivity contribution in [2.24, 2.45) is 7.05 Å². The number of nitrogens with zero attached hydrogens (tertiary/aromatic N) is 3. The number of halogens is 3. The van der Waals surface area contributed by atoms with E-state index in [9.17, 15) is 9.59 Å². The topological polar surface area (TPSA) is 89.7 Å². The Balaban J connectivity index is 1.18. The van der Waals surface area contributed by atoms with Crippen molar-refractivity contribution in [3.8, 4) is 11.1 Å². The van der Waals surface area contributed by atoms with Crippen LogP contribution in [0.15, 0.2) is 67.1 Å². The summed E-state index contributed by atoms with van der Waals surface area (Å²) in [6, 6.07) is 11.3. The van der Waals surface area contributed by atoms with E-state index in [0.29, 0.717) is 34.7 Å². The number of ketones is 1. The molecule has 0 unspecified atom stereocenters. The first-order chi connectivity index (χ1) is 22.2.